The lowest BCUT2D eigenvalue weighted by molar-refractivity contribution is -0.140. The first-order chi connectivity index (χ1) is 15.7. The summed E-state index contributed by atoms with van der Waals surface area (Å²) in [4.78, 5) is 39.9. The minimum Gasteiger partial charge on any atom is -0.354 e. The molecule has 0 saturated carbocycles. The minimum atomic E-state index is -4.15. The first-order valence-corrected chi connectivity index (χ1v) is 12.5. The summed E-state index contributed by atoms with van der Waals surface area (Å²) >= 11 is 5.94. The number of carbonyl (C=O) groups is 3. The van der Waals surface area contributed by atoms with E-state index in [-0.39, 0.29) is 22.9 Å². The fourth-order valence-electron chi connectivity index (χ4n) is 3.51. The normalized spacial score (nSPS) is 15.1. The van der Waals surface area contributed by atoms with Crippen molar-refractivity contribution in [2.45, 2.75) is 44.2 Å². The second-order valence-corrected chi connectivity index (χ2v) is 10.0. The maximum absolute atomic E-state index is 13.3. The van der Waals surface area contributed by atoms with Gasteiger partial charge in [-0.3, -0.25) is 14.4 Å². The predicted octanol–water partition coefficient (Wildman–Crippen LogP) is 2.82. The third-order valence-electron chi connectivity index (χ3n) is 5.45. The van der Waals surface area contributed by atoms with Gasteiger partial charge in [-0.05, 0) is 43.2 Å². The molecule has 1 heterocycles. The monoisotopic (exact) mass is 491 g/mol. The number of sulfonamides is 1. The molecule has 1 unspecified atom stereocenters. The lowest BCUT2D eigenvalue weighted by Gasteiger charge is -2.30. The SMILES string of the molecule is CCCCNC(=O)C(C)N(Cc1ccc(Cl)cc1)C(=O)CN1C(=O)c2ccccc2S1(=O)=O. The van der Waals surface area contributed by atoms with E-state index < -0.39 is 34.4 Å². The molecule has 3 amide bonds. The molecule has 1 aliphatic heterocycles. The maximum atomic E-state index is 13.3. The summed E-state index contributed by atoms with van der Waals surface area (Å²) < 4.78 is 26.3. The van der Waals surface area contributed by atoms with Crippen LogP contribution < -0.4 is 5.32 Å². The van der Waals surface area contributed by atoms with Gasteiger partial charge in [-0.1, -0.05) is 49.2 Å². The predicted molar refractivity (Wildman–Crippen MR) is 124 cm³/mol. The Morgan fingerprint density at radius 3 is 2.42 bits per heavy atom. The van der Waals surface area contributed by atoms with Crippen LogP contribution in [0, 0.1) is 0 Å². The zero-order valence-electron chi connectivity index (χ0n) is 18.5. The summed E-state index contributed by atoms with van der Waals surface area (Å²) in [5.41, 5.74) is 0.736. The summed E-state index contributed by atoms with van der Waals surface area (Å²) in [5, 5.41) is 3.32. The summed E-state index contributed by atoms with van der Waals surface area (Å²) in [6.45, 7) is 3.39. The first-order valence-electron chi connectivity index (χ1n) is 10.6. The average Bonchev–Trinajstić information content (AvgIpc) is 2.99. The van der Waals surface area contributed by atoms with Crippen molar-refractivity contribution in [3.05, 3.63) is 64.7 Å². The van der Waals surface area contributed by atoms with Gasteiger partial charge in [-0.2, -0.15) is 0 Å². The van der Waals surface area contributed by atoms with Gasteiger partial charge in [0.05, 0.1) is 5.56 Å². The Bertz CT molecular complexity index is 1150. The molecular weight excluding hydrogens is 466 g/mol. The van der Waals surface area contributed by atoms with Crippen LogP contribution >= 0.6 is 11.6 Å². The summed E-state index contributed by atoms with van der Waals surface area (Å²) in [5.74, 6) is -1.78. The number of fused-ring (bicyclic) bond motifs is 1. The van der Waals surface area contributed by atoms with Gasteiger partial charge in [0.2, 0.25) is 11.8 Å². The number of nitrogens with one attached hydrogen (secondary N) is 1. The van der Waals surface area contributed by atoms with E-state index in [1.54, 1.807) is 37.3 Å². The molecular formula is C23H26ClN3O5S. The van der Waals surface area contributed by atoms with Crippen molar-refractivity contribution >= 4 is 39.3 Å². The number of halogens is 1. The Kier molecular flexibility index (Phi) is 7.76. The first kappa shape index (κ1) is 24.7. The number of nitrogens with zero attached hydrogens (tertiary/aromatic N) is 2. The molecule has 1 aliphatic rings. The number of hydrogen-bond donors (Lipinski definition) is 1. The van der Waals surface area contributed by atoms with Gasteiger partial charge in [-0.25, -0.2) is 12.7 Å². The number of benzene rings is 2. The zero-order chi connectivity index (χ0) is 24.2. The van der Waals surface area contributed by atoms with Gasteiger partial charge in [0.1, 0.15) is 17.5 Å². The number of hydrogen-bond acceptors (Lipinski definition) is 5. The van der Waals surface area contributed by atoms with Crippen molar-refractivity contribution in [1.82, 2.24) is 14.5 Å². The molecule has 0 fully saturated rings. The fourth-order valence-corrected chi connectivity index (χ4v) is 5.15. The van der Waals surface area contributed by atoms with E-state index in [2.05, 4.69) is 5.32 Å². The third kappa shape index (κ3) is 5.36. The number of carbonyl (C=O) groups excluding carboxylic acids is 3. The molecule has 33 heavy (non-hydrogen) atoms. The van der Waals surface area contributed by atoms with Crippen molar-refractivity contribution in [3.8, 4) is 0 Å². The van der Waals surface area contributed by atoms with Gasteiger partial charge in [0, 0.05) is 18.1 Å². The van der Waals surface area contributed by atoms with Gasteiger partial charge in [-0.15, -0.1) is 0 Å². The molecule has 10 heteroatoms. The van der Waals surface area contributed by atoms with E-state index in [1.165, 1.54) is 23.1 Å². The third-order valence-corrected chi connectivity index (χ3v) is 7.49. The molecule has 1 N–H and O–H groups in total. The van der Waals surface area contributed by atoms with Crippen LogP contribution in [0.5, 0.6) is 0 Å². The minimum absolute atomic E-state index is 0.0277. The molecule has 8 nitrogen and oxygen atoms in total. The Hall–Kier alpha value is -2.91. The number of rotatable bonds is 9. The smallest absolute Gasteiger partial charge is 0.269 e. The molecule has 176 valence electrons. The van der Waals surface area contributed by atoms with Crippen LogP contribution in [0.4, 0.5) is 0 Å². The Morgan fingerprint density at radius 1 is 1.12 bits per heavy atom. The highest BCUT2D eigenvalue weighted by Crippen LogP contribution is 2.30. The van der Waals surface area contributed by atoms with Crippen molar-refractivity contribution in [2.75, 3.05) is 13.1 Å². The van der Waals surface area contributed by atoms with Crippen molar-refractivity contribution in [1.29, 1.82) is 0 Å². The van der Waals surface area contributed by atoms with Crippen LogP contribution in [-0.4, -0.2) is 54.5 Å². The van der Waals surface area contributed by atoms with Gasteiger partial charge in [0.25, 0.3) is 15.9 Å². The van der Waals surface area contributed by atoms with Crippen molar-refractivity contribution in [2.24, 2.45) is 0 Å². The molecule has 0 aromatic heterocycles. The van der Waals surface area contributed by atoms with E-state index in [1.807, 2.05) is 6.92 Å². The van der Waals surface area contributed by atoms with Gasteiger partial charge < -0.3 is 10.2 Å². The molecule has 0 aliphatic carbocycles. The van der Waals surface area contributed by atoms with Crippen LogP contribution in [0.1, 0.15) is 42.6 Å². The highest BCUT2D eigenvalue weighted by molar-refractivity contribution is 7.90. The summed E-state index contributed by atoms with van der Waals surface area (Å²) in [6.07, 6.45) is 1.69. The van der Waals surface area contributed by atoms with E-state index in [9.17, 15) is 22.8 Å². The lowest BCUT2D eigenvalue weighted by Crippen LogP contribution is -2.51. The van der Waals surface area contributed by atoms with Crippen LogP contribution in [0.3, 0.4) is 0 Å². The van der Waals surface area contributed by atoms with E-state index in [4.69, 9.17) is 11.6 Å². The molecule has 3 rings (SSSR count). The van der Waals surface area contributed by atoms with Gasteiger partial charge in [0.15, 0.2) is 0 Å². The Morgan fingerprint density at radius 2 is 1.79 bits per heavy atom. The Balaban J connectivity index is 1.85. The summed E-state index contributed by atoms with van der Waals surface area (Å²) in [6, 6.07) is 11.7. The summed E-state index contributed by atoms with van der Waals surface area (Å²) in [7, 11) is -4.15. The molecule has 0 radical (unpaired) electrons. The quantitative estimate of drug-likeness (QED) is 0.543. The van der Waals surface area contributed by atoms with Crippen LogP contribution in [0.25, 0.3) is 0 Å². The molecule has 1 atom stereocenters. The van der Waals surface area contributed by atoms with Gasteiger partial charge >= 0.3 is 0 Å². The second-order valence-electron chi connectivity index (χ2n) is 7.78. The maximum Gasteiger partial charge on any atom is 0.269 e. The van der Waals surface area contributed by atoms with E-state index >= 15 is 0 Å². The molecule has 2 aromatic carbocycles. The topological polar surface area (TPSA) is 104 Å². The standard InChI is InChI=1S/C23H26ClN3O5S/c1-3-4-13-25-22(29)16(2)26(14-17-9-11-18(24)12-10-17)21(28)15-27-23(30)19-7-5-6-8-20(19)33(27,31)32/h5-12,16H,3-4,13-15H2,1-2H3,(H,25,29). The molecule has 0 saturated heterocycles. The lowest BCUT2D eigenvalue weighted by atomic mass is 10.1. The Labute approximate surface area is 198 Å². The highest BCUT2D eigenvalue weighted by atomic mass is 35.5. The largest absolute Gasteiger partial charge is 0.354 e. The second kappa shape index (κ2) is 10.4. The van der Waals surface area contributed by atoms with E-state index in [0.29, 0.717) is 21.4 Å². The van der Waals surface area contributed by atoms with E-state index in [0.717, 1.165) is 12.8 Å². The molecule has 2 aromatic rings. The van der Waals surface area contributed by atoms with Crippen LogP contribution in [0.15, 0.2) is 53.4 Å². The number of unbranched alkanes of at least 4 members (excludes halogenated alkanes) is 1. The van der Waals surface area contributed by atoms with Crippen LogP contribution in [0.2, 0.25) is 5.02 Å². The van der Waals surface area contributed by atoms with Crippen molar-refractivity contribution < 1.29 is 22.8 Å². The average molecular weight is 492 g/mol. The van der Waals surface area contributed by atoms with Crippen LogP contribution in [-0.2, 0) is 26.2 Å². The number of amides is 3. The fraction of sp³-hybridized carbons (Fsp3) is 0.348. The highest BCUT2D eigenvalue weighted by Gasteiger charge is 2.43. The van der Waals surface area contributed by atoms with Crippen molar-refractivity contribution in [3.63, 3.8) is 0 Å². The molecule has 0 bridgehead atoms. The molecule has 0 spiro atoms. The zero-order valence-corrected chi connectivity index (χ0v) is 20.0.